The number of hydrogen-bond donors (Lipinski definition) is 3. The number of rotatable bonds is 4. The van der Waals surface area contributed by atoms with Crippen LogP contribution in [0.15, 0.2) is 84.4 Å². The van der Waals surface area contributed by atoms with Gasteiger partial charge in [-0.3, -0.25) is 24.1 Å². The zero-order valence-electron chi connectivity index (χ0n) is 23.3. The number of alkyl halides is 2. The minimum atomic E-state index is -2.11. The second-order valence-electron chi connectivity index (χ2n) is 11.8. The summed E-state index contributed by atoms with van der Waals surface area (Å²) in [5.41, 5.74) is 1.23. The van der Waals surface area contributed by atoms with Crippen molar-refractivity contribution in [1.82, 2.24) is 0 Å². The molecule has 0 unspecified atom stereocenters. The fourth-order valence-electron chi connectivity index (χ4n) is 7.56. The van der Waals surface area contributed by atoms with E-state index >= 15 is 0 Å². The van der Waals surface area contributed by atoms with E-state index in [2.05, 4.69) is 0 Å². The van der Waals surface area contributed by atoms with Crippen molar-refractivity contribution in [3.63, 3.8) is 0 Å². The van der Waals surface area contributed by atoms with Gasteiger partial charge in [-0.2, -0.15) is 0 Å². The van der Waals surface area contributed by atoms with Crippen molar-refractivity contribution in [2.24, 2.45) is 17.8 Å². The molecule has 228 valence electrons. The number of imide groups is 2. The van der Waals surface area contributed by atoms with Crippen molar-refractivity contribution in [3.05, 3.63) is 95.8 Å². The Bertz CT molecular complexity index is 1840. The van der Waals surface area contributed by atoms with Crippen LogP contribution in [-0.4, -0.2) is 55.7 Å². The van der Waals surface area contributed by atoms with Crippen molar-refractivity contribution < 1.29 is 38.7 Å². The second kappa shape index (κ2) is 10.2. The average molecular weight is 649 g/mol. The van der Waals surface area contributed by atoms with Crippen LogP contribution in [0.1, 0.15) is 24.3 Å². The van der Waals surface area contributed by atoms with E-state index in [0.717, 1.165) is 21.9 Å². The molecule has 6 atom stereocenters. The molecule has 9 nitrogen and oxygen atoms in total. The molecular weight excluding hydrogens is 625 g/mol. The Morgan fingerprint density at radius 2 is 1.53 bits per heavy atom. The summed E-state index contributed by atoms with van der Waals surface area (Å²) < 4.78 is 13.8. The Labute approximate surface area is 266 Å². The Morgan fingerprint density at radius 3 is 2.22 bits per heavy atom. The van der Waals surface area contributed by atoms with E-state index in [0.29, 0.717) is 11.1 Å². The highest BCUT2D eigenvalue weighted by atomic mass is 35.5. The van der Waals surface area contributed by atoms with E-state index < -0.39 is 70.0 Å². The molecule has 13 heteroatoms. The summed E-state index contributed by atoms with van der Waals surface area (Å²) in [5.74, 6) is -7.12. The van der Waals surface area contributed by atoms with Gasteiger partial charge in [-0.25, -0.2) is 9.29 Å². The van der Waals surface area contributed by atoms with Gasteiger partial charge in [0.15, 0.2) is 9.75 Å². The molecule has 7 rings (SSSR count). The molecule has 3 N–H and O–H groups in total. The van der Waals surface area contributed by atoms with Crippen LogP contribution in [0.25, 0.3) is 0 Å². The third kappa shape index (κ3) is 4.07. The van der Waals surface area contributed by atoms with Crippen LogP contribution in [0, 0.1) is 23.6 Å². The predicted molar refractivity (Wildman–Crippen MR) is 163 cm³/mol. The monoisotopic (exact) mass is 648 g/mol. The van der Waals surface area contributed by atoms with Crippen LogP contribution in [-0.2, 0) is 19.2 Å². The van der Waals surface area contributed by atoms with Gasteiger partial charge < -0.3 is 15.2 Å². The molecule has 2 heterocycles. The Morgan fingerprint density at radius 1 is 0.822 bits per heavy atom. The van der Waals surface area contributed by atoms with E-state index in [1.54, 1.807) is 18.2 Å². The first-order chi connectivity index (χ1) is 21.4. The number of carbonyl (C=O) groups excluding carboxylic acids is 4. The molecule has 2 aliphatic heterocycles. The number of allylic oxidation sites excluding steroid dienone is 2. The summed E-state index contributed by atoms with van der Waals surface area (Å²) in [5, 5.41) is 29.8. The molecule has 3 fully saturated rings. The molecule has 0 bridgehead atoms. The molecule has 2 saturated heterocycles. The highest BCUT2D eigenvalue weighted by Gasteiger charge is 2.76. The first kappa shape index (κ1) is 29.7. The number of phenols is 1. The predicted octanol–water partition coefficient (Wildman–Crippen LogP) is 2.98. The highest BCUT2D eigenvalue weighted by Crippen LogP contribution is 2.66. The van der Waals surface area contributed by atoms with Gasteiger partial charge in [0, 0.05) is 5.92 Å². The standard InChI is InChI=1S/C32H24BCl2FN2O7/c34-31-15-24-22(11-12-23-25(24)28(41)37(27(23)40)20-5-2-4-17(14-20)33(44)45)26(16-3-1-6-21(39)13-16)32(31,35)30(43)38(29(31)42)19-9-7-18(36)8-10-19/h1-11,13-14,23-26,39,44-45H,12,15H2/t23-,24+,25-,26-,31+,32-/m0/s1. The lowest BCUT2D eigenvalue weighted by Crippen LogP contribution is -2.60. The molecule has 3 aromatic rings. The number of anilines is 2. The van der Waals surface area contributed by atoms with Crippen LogP contribution in [0.5, 0.6) is 5.75 Å². The molecular formula is C32H24BCl2FN2O7. The van der Waals surface area contributed by atoms with E-state index in [9.17, 15) is 38.7 Å². The summed E-state index contributed by atoms with van der Waals surface area (Å²) in [6.07, 6.45) is 1.63. The van der Waals surface area contributed by atoms with Gasteiger partial charge in [-0.05, 0) is 78.3 Å². The number of carbonyl (C=O) groups is 4. The number of hydrogen-bond acceptors (Lipinski definition) is 7. The fourth-order valence-corrected chi connectivity index (χ4v) is 8.49. The van der Waals surface area contributed by atoms with E-state index in [1.807, 2.05) is 0 Å². The number of phenolic OH excluding ortho intramolecular Hbond substituents is 1. The summed E-state index contributed by atoms with van der Waals surface area (Å²) in [6.45, 7) is 0. The van der Waals surface area contributed by atoms with E-state index in [-0.39, 0.29) is 35.4 Å². The minimum Gasteiger partial charge on any atom is -0.508 e. The van der Waals surface area contributed by atoms with Crippen molar-refractivity contribution in [2.45, 2.75) is 28.5 Å². The first-order valence-electron chi connectivity index (χ1n) is 14.2. The molecule has 1 saturated carbocycles. The van der Waals surface area contributed by atoms with Gasteiger partial charge in [-0.1, -0.05) is 35.9 Å². The van der Waals surface area contributed by atoms with Crippen LogP contribution in [0.3, 0.4) is 0 Å². The van der Waals surface area contributed by atoms with E-state index in [1.165, 1.54) is 48.5 Å². The van der Waals surface area contributed by atoms with Crippen molar-refractivity contribution in [2.75, 3.05) is 9.80 Å². The summed E-state index contributed by atoms with van der Waals surface area (Å²) in [6, 6.07) is 16.6. The summed E-state index contributed by atoms with van der Waals surface area (Å²) >= 11 is 14.6. The van der Waals surface area contributed by atoms with Crippen LogP contribution in [0.4, 0.5) is 15.8 Å². The number of halogens is 3. The molecule has 45 heavy (non-hydrogen) atoms. The Kier molecular flexibility index (Phi) is 6.76. The maximum Gasteiger partial charge on any atom is 0.488 e. The molecule has 4 aliphatic rings. The number of aromatic hydroxyl groups is 1. The third-order valence-corrected chi connectivity index (χ3v) is 10.9. The molecule has 0 spiro atoms. The largest absolute Gasteiger partial charge is 0.508 e. The van der Waals surface area contributed by atoms with Crippen LogP contribution in [0.2, 0.25) is 0 Å². The van der Waals surface area contributed by atoms with Crippen LogP contribution < -0.4 is 15.3 Å². The van der Waals surface area contributed by atoms with Gasteiger partial charge in [0.25, 0.3) is 11.8 Å². The lowest BCUT2D eigenvalue weighted by atomic mass is 9.56. The Balaban J connectivity index is 1.37. The van der Waals surface area contributed by atoms with Gasteiger partial charge in [0.05, 0.1) is 23.2 Å². The van der Waals surface area contributed by atoms with E-state index in [4.69, 9.17) is 23.2 Å². The normalized spacial score (nSPS) is 30.6. The van der Waals surface area contributed by atoms with Gasteiger partial charge >= 0.3 is 7.12 Å². The molecule has 4 amide bonds. The maximum atomic E-state index is 14.3. The lowest BCUT2D eigenvalue weighted by Gasteiger charge is -2.50. The Hall–Kier alpha value is -4.03. The van der Waals surface area contributed by atoms with Crippen molar-refractivity contribution >= 4 is 70.8 Å². The molecule has 2 aliphatic carbocycles. The number of fused-ring (bicyclic) bond motifs is 4. The molecule has 3 aromatic carbocycles. The second-order valence-corrected chi connectivity index (χ2v) is 13.1. The minimum absolute atomic E-state index is 0.0644. The number of amides is 4. The molecule has 0 radical (unpaired) electrons. The smallest absolute Gasteiger partial charge is 0.488 e. The third-order valence-electron chi connectivity index (χ3n) is 9.53. The van der Waals surface area contributed by atoms with Gasteiger partial charge in [-0.15, -0.1) is 23.2 Å². The number of nitrogens with zero attached hydrogens (tertiary/aromatic N) is 2. The van der Waals surface area contributed by atoms with Gasteiger partial charge in [0.1, 0.15) is 11.6 Å². The van der Waals surface area contributed by atoms with Gasteiger partial charge in [0.2, 0.25) is 11.8 Å². The van der Waals surface area contributed by atoms with Crippen molar-refractivity contribution in [1.29, 1.82) is 0 Å². The zero-order chi connectivity index (χ0) is 32.0. The summed E-state index contributed by atoms with van der Waals surface area (Å²) in [4.78, 5) is 54.1. The highest BCUT2D eigenvalue weighted by molar-refractivity contribution is 6.59. The SMILES string of the molecule is O=C1[C@H]2[C@H](CC=C3[C@H]2C[C@@]2(Cl)C(=O)N(c4ccc(F)cc4)C(=O)[C@@]2(Cl)[C@H]3c2cccc(O)c2)C(=O)N1c1cccc(B(O)O)c1. The quantitative estimate of drug-likeness (QED) is 0.171. The maximum absolute atomic E-state index is 14.3. The number of benzene rings is 3. The molecule has 0 aromatic heterocycles. The lowest BCUT2D eigenvalue weighted by molar-refractivity contribution is -0.125. The zero-order valence-corrected chi connectivity index (χ0v) is 24.8. The first-order valence-corrected chi connectivity index (χ1v) is 15.0. The fraction of sp³-hybridized carbons (Fsp3) is 0.250. The summed E-state index contributed by atoms with van der Waals surface area (Å²) in [7, 11) is -1.82. The van der Waals surface area contributed by atoms with Crippen LogP contribution >= 0.6 is 23.2 Å². The van der Waals surface area contributed by atoms with Crippen molar-refractivity contribution in [3.8, 4) is 5.75 Å². The average Bonchev–Trinajstić information content (AvgIpc) is 3.35. The topological polar surface area (TPSA) is 135 Å².